The van der Waals surface area contributed by atoms with Crippen LogP contribution >= 0.6 is 11.8 Å². The minimum Gasteiger partial charge on any atom is -0.353 e. The number of nitriles is 1. The molecule has 0 aliphatic carbocycles. The molecule has 0 fully saturated rings. The fourth-order valence-corrected chi connectivity index (χ4v) is 3.61. The van der Waals surface area contributed by atoms with E-state index in [1.54, 1.807) is 11.8 Å². The molecule has 128 valence electrons. The molecular weight excluding hydrogens is 306 g/mol. The van der Waals surface area contributed by atoms with Gasteiger partial charge in [-0.2, -0.15) is 5.26 Å². The molecule has 1 aromatic rings. The zero-order chi connectivity index (χ0) is 17.3. The lowest BCUT2D eigenvalue weighted by molar-refractivity contribution is -0.141. The van der Waals surface area contributed by atoms with Crippen molar-refractivity contribution in [2.45, 2.75) is 57.1 Å². The molecule has 0 saturated heterocycles. The molecule has 4 heteroatoms. The Hall–Kier alpha value is -1.02. The second-order valence-electron chi connectivity index (χ2n) is 5.82. The van der Waals surface area contributed by atoms with Gasteiger partial charge in [0.2, 0.25) is 0 Å². The standard InChI is InChI=1S/C19H29NO2S/c1-6-21-18(22-7-2)12-13-19(14-20,15(3)4)16-10-8-9-11-17(16)23-5/h8-11,15,18H,6-7,12-13H2,1-5H3. The summed E-state index contributed by atoms with van der Waals surface area (Å²) in [5, 5.41) is 10.1. The number of thioether (sulfide) groups is 1. The van der Waals surface area contributed by atoms with Crippen LogP contribution in [0.5, 0.6) is 0 Å². The van der Waals surface area contributed by atoms with E-state index in [1.165, 1.54) is 4.90 Å². The van der Waals surface area contributed by atoms with Gasteiger partial charge in [0.15, 0.2) is 6.29 Å². The Morgan fingerprint density at radius 3 is 2.26 bits per heavy atom. The zero-order valence-electron chi connectivity index (χ0n) is 15.0. The van der Waals surface area contributed by atoms with Crippen LogP contribution in [0.3, 0.4) is 0 Å². The predicted octanol–water partition coefficient (Wildman–Crippen LogP) is 5.01. The highest BCUT2D eigenvalue weighted by molar-refractivity contribution is 7.98. The van der Waals surface area contributed by atoms with Gasteiger partial charge in [-0.05, 0) is 44.1 Å². The Kier molecular flexibility index (Phi) is 8.68. The molecule has 0 radical (unpaired) electrons. The van der Waals surface area contributed by atoms with Gasteiger partial charge >= 0.3 is 0 Å². The summed E-state index contributed by atoms with van der Waals surface area (Å²) < 4.78 is 11.3. The lowest BCUT2D eigenvalue weighted by Gasteiger charge is -2.34. The fourth-order valence-electron chi connectivity index (χ4n) is 2.92. The Balaban J connectivity index is 3.11. The SMILES string of the molecule is CCOC(CCC(C#N)(c1ccccc1SC)C(C)C)OCC. The van der Waals surface area contributed by atoms with E-state index in [0.29, 0.717) is 13.2 Å². The van der Waals surface area contributed by atoms with Crippen LogP contribution in [0.2, 0.25) is 0 Å². The third kappa shape index (κ3) is 4.97. The van der Waals surface area contributed by atoms with Gasteiger partial charge in [0.1, 0.15) is 0 Å². The van der Waals surface area contributed by atoms with Gasteiger partial charge in [0.05, 0.1) is 11.5 Å². The van der Waals surface area contributed by atoms with Gasteiger partial charge in [-0.15, -0.1) is 11.8 Å². The highest BCUT2D eigenvalue weighted by Crippen LogP contribution is 2.41. The summed E-state index contributed by atoms with van der Waals surface area (Å²) in [6.07, 6.45) is 3.27. The molecule has 1 aromatic carbocycles. The summed E-state index contributed by atoms with van der Waals surface area (Å²) >= 11 is 1.70. The van der Waals surface area contributed by atoms with E-state index in [1.807, 2.05) is 26.0 Å². The van der Waals surface area contributed by atoms with Crippen molar-refractivity contribution in [3.63, 3.8) is 0 Å². The average molecular weight is 336 g/mol. The highest BCUT2D eigenvalue weighted by Gasteiger charge is 2.38. The molecule has 1 unspecified atom stereocenters. The number of ether oxygens (including phenoxy) is 2. The molecule has 0 aromatic heterocycles. The van der Waals surface area contributed by atoms with Crippen LogP contribution in [0.4, 0.5) is 0 Å². The molecule has 0 saturated carbocycles. The van der Waals surface area contributed by atoms with E-state index >= 15 is 0 Å². The normalized spacial score (nSPS) is 14.0. The van der Waals surface area contributed by atoms with Crippen LogP contribution in [0.25, 0.3) is 0 Å². The van der Waals surface area contributed by atoms with Gasteiger partial charge in [-0.3, -0.25) is 0 Å². The Morgan fingerprint density at radius 2 is 1.78 bits per heavy atom. The molecule has 0 amide bonds. The zero-order valence-corrected chi connectivity index (χ0v) is 15.8. The van der Waals surface area contributed by atoms with Gasteiger partial charge in [0, 0.05) is 24.5 Å². The summed E-state index contributed by atoms with van der Waals surface area (Å²) in [6, 6.07) is 10.9. The molecule has 3 nitrogen and oxygen atoms in total. The number of nitrogens with zero attached hydrogens (tertiary/aromatic N) is 1. The summed E-state index contributed by atoms with van der Waals surface area (Å²) in [5.74, 6) is 0.213. The summed E-state index contributed by atoms with van der Waals surface area (Å²) in [6.45, 7) is 9.41. The van der Waals surface area contributed by atoms with Gasteiger partial charge in [-0.1, -0.05) is 32.0 Å². The van der Waals surface area contributed by atoms with Crippen LogP contribution in [-0.4, -0.2) is 25.8 Å². The first-order chi connectivity index (χ1) is 11.1. The Labute approximate surface area is 145 Å². The fraction of sp³-hybridized carbons (Fsp3) is 0.632. The van der Waals surface area contributed by atoms with E-state index in [2.05, 4.69) is 38.3 Å². The smallest absolute Gasteiger partial charge is 0.157 e. The number of benzene rings is 1. The molecule has 0 spiro atoms. The number of rotatable bonds is 10. The maximum atomic E-state index is 10.1. The third-order valence-electron chi connectivity index (χ3n) is 4.25. The maximum Gasteiger partial charge on any atom is 0.157 e. The van der Waals surface area contributed by atoms with Gasteiger partial charge in [0.25, 0.3) is 0 Å². The van der Waals surface area contributed by atoms with Crippen molar-refractivity contribution in [3.8, 4) is 6.07 Å². The molecular formula is C19H29NO2S. The van der Waals surface area contributed by atoms with Crippen LogP contribution in [0, 0.1) is 17.2 Å². The first-order valence-corrected chi connectivity index (χ1v) is 9.56. The number of hydrogen-bond donors (Lipinski definition) is 0. The third-order valence-corrected chi connectivity index (χ3v) is 5.05. The van der Waals surface area contributed by atoms with E-state index in [-0.39, 0.29) is 12.2 Å². The number of hydrogen-bond acceptors (Lipinski definition) is 4. The minimum atomic E-state index is -0.522. The molecule has 0 aliphatic heterocycles. The second-order valence-corrected chi connectivity index (χ2v) is 6.67. The van der Waals surface area contributed by atoms with Crippen LogP contribution in [0.15, 0.2) is 29.2 Å². The summed E-state index contributed by atoms with van der Waals surface area (Å²) in [4.78, 5) is 1.17. The first-order valence-electron chi connectivity index (χ1n) is 8.33. The van der Waals surface area contributed by atoms with Crippen LogP contribution < -0.4 is 0 Å². The van der Waals surface area contributed by atoms with E-state index in [9.17, 15) is 5.26 Å². The first kappa shape index (κ1) is 20.0. The molecule has 0 bridgehead atoms. The average Bonchev–Trinajstić information content (AvgIpc) is 2.56. The minimum absolute atomic E-state index is 0.213. The molecule has 1 atom stereocenters. The van der Waals surface area contributed by atoms with E-state index in [4.69, 9.17) is 9.47 Å². The van der Waals surface area contributed by atoms with Gasteiger partial charge < -0.3 is 9.47 Å². The molecule has 0 aliphatic rings. The van der Waals surface area contributed by atoms with Gasteiger partial charge in [-0.25, -0.2) is 0 Å². The van der Waals surface area contributed by atoms with Crippen molar-refractivity contribution < 1.29 is 9.47 Å². The molecule has 0 N–H and O–H groups in total. The molecule has 0 heterocycles. The van der Waals surface area contributed by atoms with Crippen molar-refractivity contribution in [1.29, 1.82) is 5.26 Å². The largest absolute Gasteiger partial charge is 0.353 e. The lowest BCUT2D eigenvalue weighted by atomic mass is 9.69. The monoisotopic (exact) mass is 335 g/mol. The molecule has 1 rings (SSSR count). The molecule has 23 heavy (non-hydrogen) atoms. The van der Waals surface area contributed by atoms with Crippen LogP contribution in [-0.2, 0) is 14.9 Å². The summed E-state index contributed by atoms with van der Waals surface area (Å²) in [5.41, 5.74) is 0.600. The predicted molar refractivity (Wildman–Crippen MR) is 96.6 cm³/mol. The van der Waals surface area contributed by atoms with E-state index in [0.717, 1.165) is 18.4 Å². The second kappa shape index (κ2) is 9.97. The van der Waals surface area contributed by atoms with E-state index < -0.39 is 5.41 Å². The lowest BCUT2D eigenvalue weighted by Crippen LogP contribution is -2.33. The topological polar surface area (TPSA) is 42.2 Å². The van der Waals surface area contributed by atoms with Crippen molar-refractivity contribution in [1.82, 2.24) is 0 Å². The Bertz CT molecular complexity index is 506. The maximum absolute atomic E-state index is 10.1. The van der Waals surface area contributed by atoms with Crippen LogP contribution in [0.1, 0.15) is 46.1 Å². The Morgan fingerprint density at radius 1 is 1.17 bits per heavy atom. The van der Waals surface area contributed by atoms with Crippen molar-refractivity contribution >= 4 is 11.8 Å². The van der Waals surface area contributed by atoms with Crippen molar-refractivity contribution in [3.05, 3.63) is 29.8 Å². The summed E-state index contributed by atoms with van der Waals surface area (Å²) in [7, 11) is 0. The van der Waals surface area contributed by atoms with Crippen molar-refractivity contribution in [2.75, 3.05) is 19.5 Å². The quantitative estimate of drug-likeness (QED) is 0.445. The highest BCUT2D eigenvalue weighted by atomic mass is 32.2. The van der Waals surface area contributed by atoms with Crippen molar-refractivity contribution in [2.24, 2.45) is 5.92 Å².